The minimum absolute atomic E-state index is 0.162. The molecular weight excluding hydrogens is 165 g/mol. The molecule has 0 spiro atoms. The number of allylic oxidation sites excluding steroid dienone is 1. The normalized spacial score (nSPS) is 10.7. The zero-order chi connectivity index (χ0) is 9.68. The molecule has 2 heteroatoms. The fraction of sp³-hybridized carbons (Fsp3) is 0.273. The van der Waals surface area contributed by atoms with E-state index in [0.717, 1.165) is 12.2 Å². The van der Waals surface area contributed by atoms with Crippen molar-refractivity contribution in [3.05, 3.63) is 41.7 Å². The smallest absolute Gasteiger partial charge is 0.128 e. The van der Waals surface area contributed by atoms with Gasteiger partial charge < -0.3 is 5.32 Å². The fourth-order valence-corrected chi connectivity index (χ4v) is 0.997. The zero-order valence-electron chi connectivity index (χ0n) is 7.97. The van der Waals surface area contributed by atoms with Crippen molar-refractivity contribution in [3.63, 3.8) is 0 Å². The standard InChI is InChI=1S/C11H14FN/c1-3-4-7-13-10-6-5-9(2)11(12)8-10/h3-6,8,13H,7H2,1-2H3/b4-3+. The van der Waals surface area contributed by atoms with Gasteiger partial charge in [0.1, 0.15) is 5.82 Å². The molecule has 0 saturated carbocycles. The van der Waals surface area contributed by atoms with Gasteiger partial charge in [-0.2, -0.15) is 0 Å². The van der Waals surface area contributed by atoms with Crippen molar-refractivity contribution in [1.29, 1.82) is 0 Å². The average Bonchev–Trinajstić information content (AvgIpc) is 2.12. The third-order valence-corrected chi connectivity index (χ3v) is 1.83. The Kier molecular flexibility index (Phi) is 3.50. The molecule has 1 rings (SSSR count). The van der Waals surface area contributed by atoms with Crippen LogP contribution >= 0.6 is 0 Å². The van der Waals surface area contributed by atoms with E-state index < -0.39 is 0 Å². The second-order valence-electron chi connectivity index (χ2n) is 2.91. The van der Waals surface area contributed by atoms with Crippen LogP contribution in [0, 0.1) is 12.7 Å². The fourth-order valence-electron chi connectivity index (χ4n) is 0.997. The molecule has 1 nitrogen and oxygen atoms in total. The zero-order valence-corrected chi connectivity index (χ0v) is 7.97. The molecule has 0 amide bonds. The minimum Gasteiger partial charge on any atom is -0.381 e. The molecule has 0 aliphatic carbocycles. The highest BCUT2D eigenvalue weighted by Crippen LogP contribution is 2.12. The maximum atomic E-state index is 13.0. The Balaban J connectivity index is 2.63. The summed E-state index contributed by atoms with van der Waals surface area (Å²) in [5, 5.41) is 3.09. The Morgan fingerprint density at radius 2 is 2.23 bits per heavy atom. The van der Waals surface area contributed by atoms with Gasteiger partial charge in [0.05, 0.1) is 0 Å². The van der Waals surface area contributed by atoms with Gasteiger partial charge in [-0.05, 0) is 31.5 Å². The Bertz CT molecular complexity index is 305. The van der Waals surface area contributed by atoms with Crippen molar-refractivity contribution in [2.75, 3.05) is 11.9 Å². The van der Waals surface area contributed by atoms with E-state index in [1.54, 1.807) is 13.0 Å². The molecule has 0 heterocycles. The molecule has 0 aliphatic rings. The number of hydrogen-bond donors (Lipinski definition) is 1. The largest absolute Gasteiger partial charge is 0.381 e. The van der Waals surface area contributed by atoms with Gasteiger partial charge in [0.25, 0.3) is 0 Å². The van der Waals surface area contributed by atoms with Crippen molar-refractivity contribution in [2.24, 2.45) is 0 Å². The molecule has 0 aromatic heterocycles. The van der Waals surface area contributed by atoms with Crippen LogP contribution in [0.25, 0.3) is 0 Å². The predicted molar refractivity (Wildman–Crippen MR) is 54.4 cm³/mol. The van der Waals surface area contributed by atoms with E-state index in [1.807, 2.05) is 25.1 Å². The molecule has 0 bridgehead atoms. The van der Waals surface area contributed by atoms with Gasteiger partial charge in [0.15, 0.2) is 0 Å². The maximum absolute atomic E-state index is 13.0. The number of rotatable bonds is 3. The summed E-state index contributed by atoms with van der Waals surface area (Å²) >= 11 is 0. The van der Waals surface area contributed by atoms with Gasteiger partial charge in [-0.3, -0.25) is 0 Å². The van der Waals surface area contributed by atoms with Gasteiger partial charge in [-0.25, -0.2) is 4.39 Å². The van der Waals surface area contributed by atoms with E-state index in [1.165, 1.54) is 6.07 Å². The Morgan fingerprint density at radius 3 is 2.85 bits per heavy atom. The lowest BCUT2D eigenvalue weighted by atomic mass is 10.2. The van der Waals surface area contributed by atoms with Gasteiger partial charge in [0.2, 0.25) is 0 Å². The summed E-state index contributed by atoms with van der Waals surface area (Å²) in [5.74, 6) is -0.162. The predicted octanol–water partition coefficient (Wildman–Crippen LogP) is 3.12. The van der Waals surface area contributed by atoms with Gasteiger partial charge in [-0.15, -0.1) is 0 Å². The van der Waals surface area contributed by atoms with E-state index in [2.05, 4.69) is 5.32 Å². The minimum atomic E-state index is -0.162. The van der Waals surface area contributed by atoms with Gasteiger partial charge in [0, 0.05) is 12.2 Å². The van der Waals surface area contributed by atoms with Crippen molar-refractivity contribution in [1.82, 2.24) is 0 Å². The molecule has 1 N–H and O–H groups in total. The summed E-state index contributed by atoms with van der Waals surface area (Å²) in [5.41, 5.74) is 1.50. The Labute approximate surface area is 78.3 Å². The summed E-state index contributed by atoms with van der Waals surface area (Å²) in [6, 6.07) is 5.16. The van der Waals surface area contributed by atoms with Crippen LogP contribution in [0.15, 0.2) is 30.4 Å². The summed E-state index contributed by atoms with van der Waals surface area (Å²) in [4.78, 5) is 0. The van der Waals surface area contributed by atoms with E-state index >= 15 is 0 Å². The highest BCUT2D eigenvalue weighted by Gasteiger charge is 1.96. The first-order valence-corrected chi connectivity index (χ1v) is 4.35. The van der Waals surface area contributed by atoms with E-state index in [9.17, 15) is 4.39 Å². The number of nitrogens with one attached hydrogen (secondary N) is 1. The van der Waals surface area contributed by atoms with Crippen LogP contribution in [0.3, 0.4) is 0 Å². The topological polar surface area (TPSA) is 12.0 Å². The lowest BCUT2D eigenvalue weighted by Crippen LogP contribution is -1.98. The van der Waals surface area contributed by atoms with Gasteiger partial charge in [-0.1, -0.05) is 18.2 Å². The maximum Gasteiger partial charge on any atom is 0.128 e. The third-order valence-electron chi connectivity index (χ3n) is 1.83. The monoisotopic (exact) mass is 179 g/mol. The molecule has 70 valence electrons. The molecule has 0 radical (unpaired) electrons. The number of aryl methyl sites for hydroxylation is 1. The first kappa shape index (κ1) is 9.78. The quantitative estimate of drug-likeness (QED) is 0.703. The molecule has 0 saturated heterocycles. The van der Waals surface area contributed by atoms with Crippen LogP contribution in [0.4, 0.5) is 10.1 Å². The van der Waals surface area contributed by atoms with Crippen molar-refractivity contribution < 1.29 is 4.39 Å². The number of benzene rings is 1. The summed E-state index contributed by atoms with van der Waals surface area (Å²) < 4.78 is 13.0. The molecule has 13 heavy (non-hydrogen) atoms. The molecule has 0 fully saturated rings. The molecule has 0 aliphatic heterocycles. The number of anilines is 1. The van der Waals surface area contributed by atoms with Crippen LogP contribution in [0.5, 0.6) is 0 Å². The van der Waals surface area contributed by atoms with Crippen molar-refractivity contribution >= 4 is 5.69 Å². The highest BCUT2D eigenvalue weighted by atomic mass is 19.1. The van der Waals surface area contributed by atoms with E-state index in [0.29, 0.717) is 5.56 Å². The van der Waals surface area contributed by atoms with Crippen LogP contribution in [-0.2, 0) is 0 Å². The molecule has 1 aromatic carbocycles. The average molecular weight is 179 g/mol. The Morgan fingerprint density at radius 1 is 1.46 bits per heavy atom. The van der Waals surface area contributed by atoms with Crippen molar-refractivity contribution in [3.8, 4) is 0 Å². The van der Waals surface area contributed by atoms with Gasteiger partial charge >= 0.3 is 0 Å². The lowest BCUT2D eigenvalue weighted by molar-refractivity contribution is 0.619. The highest BCUT2D eigenvalue weighted by molar-refractivity contribution is 5.45. The third kappa shape index (κ3) is 2.90. The van der Waals surface area contributed by atoms with Crippen LogP contribution in [-0.4, -0.2) is 6.54 Å². The second-order valence-corrected chi connectivity index (χ2v) is 2.91. The summed E-state index contributed by atoms with van der Waals surface area (Å²) in [6.45, 7) is 4.45. The van der Waals surface area contributed by atoms with E-state index in [4.69, 9.17) is 0 Å². The first-order valence-electron chi connectivity index (χ1n) is 4.35. The van der Waals surface area contributed by atoms with E-state index in [-0.39, 0.29) is 5.82 Å². The van der Waals surface area contributed by atoms with Crippen LogP contribution in [0.1, 0.15) is 12.5 Å². The molecule has 0 atom stereocenters. The molecule has 1 aromatic rings. The van der Waals surface area contributed by atoms with Crippen LogP contribution in [0.2, 0.25) is 0 Å². The molecular formula is C11H14FN. The van der Waals surface area contributed by atoms with Crippen LogP contribution < -0.4 is 5.32 Å². The first-order chi connectivity index (χ1) is 6.24. The molecule has 0 unspecified atom stereocenters. The number of halogens is 1. The van der Waals surface area contributed by atoms with Crippen molar-refractivity contribution in [2.45, 2.75) is 13.8 Å². The SMILES string of the molecule is C/C=C/CNc1ccc(C)c(F)c1. The number of hydrogen-bond acceptors (Lipinski definition) is 1. The lowest BCUT2D eigenvalue weighted by Gasteiger charge is -2.04. The second kappa shape index (κ2) is 4.65. The Hall–Kier alpha value is -1.31. The summed E-state index contributed by atoms with van der Waals surface area (Å²) in [7, 11) is 0. The summed E-state index contributed by atoms with van der Waals surface area (Å²) in [6.07, 6.45) is 3.94.